The van der Waals surface area contributed by atoms with Gasteiger partial charge < -0.3 is 10.4 Å². The molecule has 0 fully saturated rings. The van der Waals surface area contributed by atoms with Crippen LogP contribution in [0.15, 0.2) is 0 Å². The molecule has 3 heteroatoms. The van der Waals surface area contributed by atoms with Gasteiger partial charge in [0, 0.05) is 20.1 Å². The van der Waals surface area contributed by atoms with Crippen molar-refractivity contribution in [2.45, 2.75) is 40.0 Å². The number of rotatable bonds is 5. The van der Waals surface area contributed by atoms with Gasteiger partial charge in [0.15, 0.2) is 0 Å². The van der Waals surface area contributed by atoms with Gasteiger partial charge in [-0.25, -0.2) is 0 Å². The van der Waals surface area contributed by atoms with Crippen LogP contribution in [0, 0.1) is 0 Å². The van der Waals surface area contributed by atoms with Crippen LogP contribution in [0.25, 0.3) is 0 Å². The third kappa shape index (κ3) is 16.2. The quantitative estimate of drug-likeness (QED) is 0.619. The third-order valence-corrected chi connectivity index (χ3v) is 1.21. The lowest BCUT2D eigenvalue weighted by Gasteiger charge is -1.99. The van der Waals surface area contributed by atoms with E-state index in [9.17, 15) is 4.79 Å². The molecular weight excluding hydrogens is 154 g/mol. The second-order valence-corrected chi connectivity index (χ2v) is 2.27. The van der Waals surface area contributed by atoms with Crippen molar-refractivity contribution in [2.75, 3.05) is 13.2 Å². The number of nitrogens with one attached hydrogen (secondary N) is 1. The van der Waals surface area contributed by atoms with E-state index in [1.165, 1.54) is 6.92 Å². The fourth-order valence-corrected chi connectivity index (χ4v) is 0.678. The summed E-state index contributed by atoms with van der Waals surface area (Å²) in [6, 6.07) is 0. The van der Waals surface area contributed by atoms with Crippen molar-refractivity contribution in [1.82, 2.24) is 5.32 Å². The maximum Gasteiger partial charge on any atom is 0.216 e. The van der Waals surface area contributed by atoms with E-state index >= 15 is 0 Å². The SMILES string of the molecule is CC.CC(=O)NCCCCCO. The molecule has 1 amide bonds. The van der Waals surface area contributed by atoms with E-state index in [0.717, 1.165) is 25.8 Å². The summed E-state index contributed by atoms with van der Waals surface area (Å²) in [4.78, 5) is 10.3. The van der Waals surface area contributed by atoms with Crippen LogP contribution in [-0.4, -0.2) is 24.2 Å². The summed E-state index contributed by atoms with van der Waals surface area (Å²) in [6.45, 7) is 6.49. The first kappa shape index (κ1) is 14.0. The summed E-state index contributed by atoms with van der Waals surface area (Å²) >= 11 is 0. The van der Waals surface area contributed by atoms with E-state index in [2.05, 4.69) is 5.32 Å². The van der Waals surface area contributed by atoms with Gasteiger partial charge in [0.05, 0.1) is 0 Å². The normalized spacial score (nSPS) is 8.33. The van der Waals surface area contributed by atoms with Gasteiger partial charge in [-0.15, -0.1) is 0 Å². The van der Waals surface area contributed by atoms with Crippen LogP contribution in [0.5, 0.6) is 0 Å². The zero-order chi connectivity index (χ0) is 9.82. The van der Waals surface area contributed by atoms with Crippen LogP contribution in [-0.2, 0) is 4.79 Å². The molecular formula is C9H21NO2. The first-order valence-electron chi connectivity index (χ1n) is 4.62. The van der Waals surface area contributed by atoms with Crippen molar-refractivity contribution >= 4 is 5.91 Å². The molecule has 0 heterocycles. The maximum absolute atomic E-state index is 10.3. The molecule has 3 nitrogen and oxygen atoms in total. The molecule has 0 aromatic carbocycles. The fraction of sp³-hybridized carbons (Fsp3) is 0.889. The number of aliphatic hydroxyl groups is 1. The maximum atomic E-state index is 10.3. The van der Waals surface area contributed by atoms with Crippen LogP contribution in [0.2, 0.25) is 0 Å². The largest absolute Gasteiger partial charge is 0.396 e. The molecule has 0 aromatic heterocycles. The van der Waals surface area contributed by atoms with Gasteiger partial charge >= 0.3 is 0 Å². The molecule has 2 N–H and O–H groups in total. The van der Waals surface area contributed by atoms with Gasteiger partial charge in [0.2, 0.25) is 5.91 Å². The number of carbonyl (C=O) groups excluding carboxylic acids is 1. The molecule has 0 aromatic rings. The Labute approximate surface area is 75.2 Å². The molecule has 0 unspecified atom stereocenters. The van der Waals surface area contributed by atoms with E-state index in [4.69, 9.17) is 5.11 Å². The van der Waals surface area contributed by atoms with Crippen LogP contribution < -0.4 is 5.32 Å². The highest BCUT2D eigenvalue weighted by Crippen LogP contribution is 1.91. The van der Waals surface area contributed by atoms with Crippen molar-refractivity contribution in [2.24, 2.45) is 0 Å². The number of hydrogen-bond donors (Lipinski definition) is 2. The van der Waals surface area contributed by atoms with Crippen LogP contribution >= 0.6 is 0 Å². The lowest BCUT2D eigenvalue weighted by molar-refractivity contribution is -0.118. The second-order valence-electron chi connectivity index (χ2n) is 2.27. The van der Waals surface area contributed by atoms with Crippen LogP contribution in [0.4, 0.5) is 0 Å². The standard InChI is InChI=1S/C7H15NO2.C2H6/c1-7(10)8-5-3-2-4-6-9;1-2/h9H,2-6H2,1H3,(H,8,10);1-2H3. The predicted molar refractivity (Wildman–Crippen MR) is 51.0 cm³/mol. The molecule has 0 saturated heterocycles. The Morgan fingerprint density at radius 3 is 2.25 bits per heavy atom. The van der Waals surface area contributed by atoms with Crippen LogP contribution in [0.1, 0.15) is 40.0 Å². The minimum Gasteiger partial charge on any atom is -0.396 e. The van der Waals surface area contributed by atoms with Crippen LogP contribution in [0.3, 0.4) is 0 Å². The lowest BCUT2D eigenvalue weighted by Crippen LogP contribution is -2.20. The smallest absolute Gasteiger partial charge is 0.216 e. The lowest BCUT2D eigenvalue weighted by atomic mass is 10.2. The van der Waals surface area contributed by atoms with Gasteiger partial charge in [-0.1, -0.05) is 13.8 Å². The van der Waals surface area contributed by atoms with E-state index in [1.807, 2.05) is 13.8 Å². The zero-order valence-electron chi connectivity index (χ0n) is 8.39. The van der Waals surface area contributed by atoms with Crippen molar-refractivity contribution in [3.8, 4) is 0 Å². The number of unbranched alkanes of at least 4 members (excludes halogenated alkanes) is 2. The van der Waals surface area contributed by atoms with E-state index in [-0.39, 0.29) is 12.5 Å². The summed E-state index contributed by atoms with van der Waals surface area (Å²) in [7, 11) is 0. The summed E-state index contributed by atoms with van der Waals surface area (Å²) in [5, 5.41) is 11.1. The van der Waals surface area contributed by atoms with Gasteiger partial charge in [-0.2, -0.15) is 0 Å². The second kappa shape index (κ2) is 13.1. The molecule has 0 aliphatic heterocycles. The number of hydrogen-bond acceptors (Lipinski definition) is 2. The Morgan fingerprint density at radius 1 is 1.25 bits per heavy atom. The van der Waals surface area contributed by atoms with Crippen molar-refractivity contribution in [1.29, 1.82) is 0 Å². The number of carbonyl (C=O) groups is 1. The number of aliphatic hydroxyl groups excluding tert-OH is 1. The molecule has 0 rings (SSSR count). The van der Waals surface area contributed by atoms with Gasteiger partial charge in [-0.3, -0.25) is 4.79 Å². The Balaban J connectivity index is 0. The Bertz CT molecular complexity index is 94.5. The molecule has 0 atom stereocenters. The van der Waals surface area contributed by atoms with Gasteiger partial charge in [0.25, 0.3) is 0 Å². The Kier molecular flexibility index (Phi) is 15.2. The minimum absolute atomic E-state index is 0.0176. The molecule has 0 saturated carbocycles. The van der Waals surface area contributed by atoms with Crippen molar-refractivity contribution < 1.29 is 9.90 Å². The monoisotopic (exact) mass is 175 g/mol. The molecule has 74 valence electrons. The highest BCUT2D eigenvalue weighted by Gasteiger charge is 1.89. The molecule has 0 aliphatic rings. The summed E-state index contributed by atoms with van der Waals surface area (Å²) < 4.78 is 0. The van der Waals surface area contributed by atoms with Crippen molar-refractivity contribution in [3.63, 3.8) is 0 Å². The first-order valence-corrected chi connectivity index (χ1v) is 4.62. The highest BCUT2D eigenvalue weighted by atomic mass is 16.2. The molecule has 12 heavy (non-hydrogen) atoms. The summed E-state index contributed by atoms with van der Waals surface area (Å²) in [6.07, 6.45) is 2.77. The minimum atomic E-state index is 0.0176. The van der Waals surface area contributed by atoms with Gasteiger partial charge in [0.1, 0.15) is 0 Å². The summed E-state index contributed by atoms with van der Waals surface area (Å²) in [5.74, 6) is 0.0176. The zero-order valence-corrected chi connectivity index (χ0v) is 8.39. The third-order valence-electron chi connectivity index (χ3n) is 1.21. The Morgan fingerprint density at radius 2 is 1.83 bits per heavy atom. The topological polar surface area (TPSA) is 49.3 Å². The highest BCUT2D eigenvalue weighted by molar-refractivity contribution is 5.72. The van der Waals surface area contributed by atoms with Gasteiger partial charge in [-0.05, 0) is 19.3 Å². The van der Waals surface area contributed by atoms with E-state index in [1.54, 1.807) is 0 Å². The molecule has 0 bridgehead atoms. The average molecular weight is 175 g/mol. The summed E-state index contributed by atoms with van der Waals surface area (Å²) in [5.41, 5.74) is 0. The van der Waals surface area contributed by atoms with Crippen molar-refractivity contribution in [3.05, 3.63) is 0 Å². The van der Waals surface area contributed by atoms with E-state index in [0.29, 0.717) is 0 Å². The predicted octanol–water partition coefficient (Wildman–Crippen LogP) is 1.31. The average Bonchev–Trinajstić information content (AvgIpc) is 2.07. The molecule has 0 aliphatic carbocycles. The number of amides is 1. The molecule has 0 radical (unpaired) electrons. The Hall–Kier alpha value is -0.570. The molecule has 0 spiro atoms. The fourth-order valence-electron chi connectivity index (χ4n) is 0.678. The first-order chi connectivity index (χ1) is 5.77. The van der Waals surface area contributed by atoms with E-state index < -0.39 is 0 Å².